The number of carbonyl (C=O) groups excluding carboxylic acids is 1. The van der Waals surface area contributed by atoms with Gasteiger partial charge in [0.2, 0.25) is 0 Å². The Morgan fingerprint density at radius 1 is 1.33 bits per heavy atom. The molecule has 0 bridgehead atoms. The number of amides is 1. The fourth-order valence-corrected chi connectivity index (χ4v) is 3.39. The zero-order valence-corrected chi connectivity index (χ0v) is 14.5. The van der Waals surface area contributed by atoms with Crippen molar-refractivity contribution in [3.63, 3.8) is 0 Å². The quantitative estimate of drug-likeness (QED) is 0.833. The fraction of sp³-hybridized carbons (Fsp3) is 0.118. The number of carboxylic acids is 1. The van der Waals surface area contributed by atoms with Crippen LogP contribution in [-0.2, 0) is 4.79 Å². The van der Waals surface area contributed by atoms with Crippen LogP contribution < -0.4 is 5.01 Å². The van der Waals surface area contributed by atoms with Gasteiger partial charge in [0.25, 0.3) is 5.91 Å². The van der Waals surface area contributed by atoms with Crippen molar-refractivity contribution in [1.29, 1.82) is 0 Å². The van der Waals surface area contributed by atoms with E-state index in [1.54, 1.807) is 24.3 Å². The van der Waals surface area contributed by atoms with Crippen LogP contribution in [0.4, 0.5) is 5.69 Å². The van der Waals surface area contributed by atoms with Crippen molar-refractivity contribution in [1.82, 2.24) is 0 Å². The summed E-state index contributed by atoms with van der Waals surface area (Å²) in [5.41, 5.74) is 2.46. The van der Waals surface area contributed by atoms with Crippen LogP contribution in [0.2, 0.25) is 5.02 Å². The van der Waals surface area contributed by atoms with Crippen LogP contribution in [0.1, 0.15) is 27.7 Å². The summed E-state index contributed by atoms with van der Waals surface area (Å²) < 4.78 is 0. The lowest BCUT2D eigenvalue weighted by Gasteiger charge is -2.13. The van der Waals surface area contributed by atoms with E-state index in [4.69, 9.17) is 11.6 Å². The summed E-state index contributed by atoms with van der Waals surface area (Å²) in [7, 11) is 0. The second-order valence-electron chi connectivity index (χ2n) is 5.30. The molecule has 24 heavy (non-hydrogen) atoms. The van der Waals surface area contributed by atoms with E-state index >= 15 is 0 Å². The van der Waals surface area contributed by atoms with E-state index in [1.165, 1.54) is 17.1 Å². The minimum Gasteiger partial charge on any atom is -0.478 e. The smallest absolute Gasteiger partial charge is 0.337 e. The highest BCUT2D eigenvalue weighted by Gasteiger charge is 2.29. The van der Waals surface area contributed by atoms with Gasteiger partial charge >= 0.3 is 5.97 Å². The Kier molecular flexibility index (Phi) is 4.26. The van der Waals surface area contributed by atoms with Crippen LogP contribution in [0.3, 0.4) is 0 Å². The van der Waals surface area contributed by atoms with Crippen molar-refractivity contribution >= 4 is 52.3 Å². The van der Waals surface area contributed by atoms with Gasteiger partial charge < -0.3 is 5.11 Å². The number of aryl methyl sites for hydroxylation is 1. The number of hydrogen-bond donors (Lipinski definition) is 1. The lowest BCUT2D eigenvalue weighted by molar-refractivity contribution is -0.114. The van der Waals surface area contributed by atoms with Gasteiger partial charge in [-0.3, -0.25) is 4.79 Å². The molecule has 0 aliphatic carbocycles. The van der Waals surface area contributed by atoms with Crippen molar-refractivity contribution in [2.75, 3.05) is 5.01 Å². The predicted octanol–water partition coefficient (Wildman–Crippen LogP) is 4.21. The third-order valence-corrected chi connectivity index (χ3v) is 4.96. The lowest BCUT2D eigenvalue weighted by atomic mass is 10.1. The topological polar surface area (TPSA) is 70.0 Å². The summed E-state index contributed by atoms with van der Waals surface area (Å²) >= 11 is 7.42. The normalized spacial score (nSPS) is 16.0. The number of aromatic carboxylic acids is 1. The number of carbonyl (C=O) groups is 2. The zero-order valence-electron chi connectivity index (χ0n) is 12.9. The molecule has 1 aromatic carbocycles. The SMILES string of the molecule is CC1=NN(c2ccc(Cl)c(C(=O)O)c2)C(=O)/C1=C/c1sccc1C. The van der Waals surface area contributed by atoms with Crippen molar-refractivity contribution in [2.45, 2.75) is 13.8 Å². The molecule has 1 aliphatic rings. The first-order chi connectivity index (χ1) is 11.4. The van der Waals surface area contributed by atoms with Gasteiger partial charge in [-0.2, -0.15) is 10.1 Å². The molecule has 0 unspecified atom stereocenters. The first-order valence-corrected chi connectivity index (χ1v) is 8.33. The van der Waals surface area contributed by atoms with Gasteiger partial charge in [-0.15, -0.1) is 11.3 Å². The van der Waals surface area contributed by atoms with Crippen LogP contribution >= 0.6 is 22.9 Å². The van der Waals surface area contributed by atoms with Crippen LogP contribution in [0.5, 0.6) is 0 Å². The average Bonchev–Trinajstić information content (AvgIpc) is 3.06. The third kappa shape index (κ3) is 2.86. The molecule has 0 spiro atoms. The van der Waals surface area contributed by atoms with E-state index < -0.39 is 5.97 Å². The van der Waals surface area contributed by atoms with Crippen molar-refractivity contribution in [3.05, 3.63) is 56.2 Å². The largest absolute Gasteiger partial charge is 0.478 e. The molecular weight excluding hydrogens is 348 g/mol. The van der Waals surface area contributed by atoms with Gasteiger partial charge in [0, 0.05) is 4.88 Å². The van der Waals surface area contributed by atoms with Crippen LogP contribution in [0.15, 0.2) is 40.3 Å². The van der Waals surface area contributed by atoms with Crippen LogP contribution in [-0.4, -0.2) is 22.7 Å². The first kappa shape index (κ1) is 16.4. The molecular formula is C17H13ClN2O3S. The van der Waals surface area contributed by atoms with E-state index in [2.05, 4.69) is 5.10 Å². The summed E-state index contributed by atoms with van der Waals surface area (Å²) in [6, 6.07) is 6.35. The number of carboxylic acid groups (broad SMARTS) is 1. The number of anilines is 1. The number of hydrazone groups is 1. The van der Waals surface area contributed by atoms with E-state index in [0.29, 0.717) is 17.0 Å². The summed E-state index contributed by atoms with van der Waals surface area (Å²) in [6.45, 7) is 3.73. The number of benzene rings is 1. The molecule has 122 valence electrons. The Morgan fingerprint density at radius 2 is 2.08 bits per heavy atom. The third-order valence-electron chi connectivity index (χ3n) is 3.66. The first-order valence-electron chi connectivity index (χ1n) is 7.07. The molecule has 0 fully saturated rings. The minimum atomic E-state index is -1.15. The minimum absolute atomic E-state index is 0.0682. The summed E-state index contributed by atoms with van der Waals surface area (Å²) in [5, 5.41) is 16.7. The van der Waals surface area contributed by atoms with Crippen LogP contribution in [0.25, 0.3) is 6.08 Å². The zero-order chi connectivity index (χ0) is 17.4. The van der Waals surface area contributed by atoms with E-state index in [0.717, 1.165) is 10.4 Å². The summed E-state index contributed by atoms with van der Waals surface area (Å²) in [6.07, 6.45) is 1.81. The fourth-order valence-electron chi connectivity index (χ4n) is 2.33. The predicted molar refractivity (Wildman–Crippen MR) is 96.0 cm³/mol. The number of nitrogens with zero attached hydrogens (tertiary/aromatic N) is 2. The van der Waals surface area contributed by atoms with Gasteiger partial charge in [0.1, 0.15) is 0 Å². The van der Waals surface area contributed by atoms with Gasteiger partial charge in [0.05, 0.1) is 27.6 Å². The van der Waals surface area contributed by atoms with Crippen molar-refractivity contribution in [3.8, 4) is 0 Å². The Labute approximate surface area is 147 Å². The molecule has 3 rings (SSSR count). The molecule has 0 radical (unpaired) electrons. The Hall–Kier alpha value is -2.44. The molecule has 0 saturated heterocycles. The highest BCUT2D eigenvalue weighted by Crippen LogP contribution is 2.29. The second-order valence-corrected chi connectivity index (χ2v) is 6.65. The van der Waals surface area contributed by atoms with E-state index in [-0.39, 0.29) is 16.5 Å². The highest BCUT2D eigenvalue weighted by atomic mass is 35.5. The molecule has 7 heteroatoms. The Morgan fingerprint density at radius 3 is 2.71 bits per heavy atom. The van der Waals surface area contributed by atoms with Crippen molar-refractivity contribution < 1.29 is 14.7 Å². The number of halogens is 1. The van der Waals surface area contributed by atoms with Crippen LogP contribution in [0, 0.1) is 6.92 Å². The second kappa shape index (κ2) is 6.22. The molecule has 0 saturated carbocycles. The van der Waals surface area contributed by atoms with Gasteiger partial charge in [-0.05, 0) is 55.1 Å². The molecule has 2 heterocycles. The molecule has 2 aromatic rings. The maximum Gasteiger partial charge on any atom is 0.337 e. The molecule has 1 aromatic heterocycles. The molecule has 1 amide bonds. The number of thiophene rings is 1. The average molecular weight is 361 g/mol. The number of rotatable bonds is 3. The summed E-state index contributed by atoms with van der Waals surface area (Å²) in [4.78, 5) is 24.9. The number of hydrogen-bond acceptors (Lipinski definition) is 4. The monoisotopic (exact) mass is 360 g/mol. The Bertz CT molecular complexity index is 914. The van der Waals surface area contributed by atoms with Gasteiger partial charge in [-0.25, -0.2) is 4.79 Å². The molecule has 5 nitrogen and oxygen atoms in total. The molecule has 1 aliphatic heterocycles. The maximum atomic E-state index is 12.7. The molecule has 0 atom stereocenters. The summed E-state index contributed by atoms with van der Waals surface area (Å²) in [5.74, 6) is -1.45. The van der Waals surface area contributed by atoms with E-state index in [1.807, 2.05) is 24.4 Å². The molecule has 1 N–H and O–H groups in total. The standard InChI is InChI=1S/C17H13ClN2O3S/c1-9-5-6-24-15(9)8-12-10(2)19-20(16(12)21)11-3-4-14(18)13(7-11)17(22)23/h3-8H,1-2H3,(H,22,23)/b12-8+. The maximum absolute atomic E-state index is 12.7. The Balaban J connectivity index is 1.99. The van der Waals surface area contributed by atoms with Gasteiger partial charge in [-0.1, -0.05) is 11.6 Å². The van der Waals surface area contributed by atoms with Gasteiger partial charge in [0.15, 0.2) is 0 Å². The van der Waals surface area contributed by atoms with E-state index in [9.17, 15) is 14.7 Å². The lowest BCUT2D eigenvalue weighted by Crippen LogP contribution is -2.21. The highest BCUT2D eigenvalue weighted by molar-refractivity contribution is 7.11. The van der Waals surface area contributed by atoms with Crippen molar-refractivity contribution in [2.24, 2.45) is 5.10 Å².